The molecule has 0 aliphatic heterocycles. The molecule has 2 rings (SSSR count). The molecule has 2 heteroatoms. The topological polar surface area (TPSA) is 0 Å². The summed E-state index contributed by atoms with van der Waals surface area (Å²) in [4.78, 5) is 0. The molecule has 0 bridgehead atoms. The van der Waals surface area contributed by atoms with E-state index in [1.54, 1.807) is 18.9 Å². The van der Waals surface area contributed by atoms with Gasteiger partial charge in [-0.15, -0.1) is 0 Å². The SMILES string of the molecule is CCC[CH2][Sn]([CH2]CCC)([CH2]CCC)[CH2]c1ccc([Si]c2ccc(C)cc2C)cc1. The summed E-state index contributed by atoms with van der Waals surface area (Å²) in [6.45, 7) is 11.6. The Morgan fingerprint density at radius 2 is 1.28 bits per heavy atom. The molecule has 0 N–H and O–H groups in total. The molecular formula is C27H42SiSn. The molecule has 0 fully saturated rings. The Morgan fingerprint density at radius 1 is 0.724 bits per heavy atom. The van der Waals surface area contributed by atoms with Gasteiger partial charge >= 0.3 is 188 Å². The summed E-state index contributed by atoms with van der Waals surface area (Å²) in [5.74, 6) is 0. The number of rotatable bonds is 13. The molecule has 0 unspecified atom stereocenters. The van der Waals surface area contributed by atoms with Crippen molar-refractivity contribution in [1.82, 2.24) is 0 Å². The second-order valence-corrected chi connectivity index (χ2v) is 24.3. The Balaban J connectivity index is 2.13. The van der Waals surface area contributed by atoms with Gasteiger partial charge in [-0.2, -0.15) is 0 Å². The van der Waals surface area contributed by atoms with E-state index in [2.05, 4.69) is 77.1 Å². The first-order valence-electron chi connectivity index (χ1n) is 11.9. The average molecular weight is 513 g/mol. The molecule has 0 nitrogen and oxygen atoms in total. The van der Waals surface area contributed by atoms with Crippen LogP contribution in [0.25, 0.3) is 0 Å². The minimum atomic E-state index is -2.08. The maximum absolute atomic E-state index is 2.47. The van der Waals surface area contributed by atoms with E-state index in [1.807, 2.05) is 0 Å². The van der Waals surface area contributed by atoms with Gasteiger partial charge in [-0.1, -0.05) is 0 Å². The van der Waals surface area contributed by atoms with Crippen LogP contribution in [0.4, 0.5) is 0 Å². The molecule has 0 aliphatic carbocycles. The van der Waals surface area contributed by atoms with E-state index in [9.17, 15) is 0 Å². The fourth-order valence-electron chi connectivity index (χ4n) is 4.54. The third-order valence-electron chi connectivity index (χ3n) is 6.38. The number of hydrogen-bond acceptors (Lipinski definition) is 0. The zero-order valence-electron chi connectivity index (χ0n) is 19.6. The Morgan fingerprint density at radius 3 is 1.76 bits per heavy atom. The van der Waals surface area contributed by atoms with Crippen molar-refractivity contribution in [2.45, 2.75) is 90.9 Å². The van der Waals surface area contributed by atoms with Crippen molar-refractivity contribution in [3.8, 4) is 0 Å². The van der Waals surface area contributed by atoms with Gasteiger partial charge in [-0.05, 0) is 0 Å². The first kappa shape index (κ1) is 24.7. The molecule has 0 amide bonds. The quantitative estimate of drug-likeness (QED) is 0.256. The molecule has 0 saturated carbocycles. The van der Waals surface area contributed by atoms with E-state index in [4.69, 9.17) is 0 Å². The standard InChI is InChI=1S/C15H15Si.3C4H9.Sn/c1-11-4-7-14(8-5-11)16-15-9-6-12(2)10-13(15)3;3*1-3-4-2;/h4-10H,1H2,2-3H3;3*1,3-4H2,2H3;. The molecule has 2 aromatic rings. The van der Waals surface area contributed by atoms with E-state index >= 15 is 0 Å². The summed E-state index contributed by atoms with van der Waals surface area (Å²) in [5, 5.41) is 2.97. The van der Waals surface area contributed by atoms with E-state index in [-0.39, 0.29) is 0 Å². The van der Waals surface area contributed by atoms with Gasteiger partial charge in [0.05, 0.1) is 0 Å². The van der Waals surface area contributed by atoms with Crippen molar-refractivity contribution in [2.75, 3.05) is 0 Å². The summed E-state index contributed by atoms with van der Waals surface area (Å²) in [6, 6.07) is 16.7. The van der Waals surface area contributed by atoms with Gasteiger partial charge in [-0.25, -0.2) is 0 Å². The molecule has 29 heavy (non-hydrogen) atoms. The van der Waals surface area contributed by atoms with Crippen LogP contribution in [-0.2, 0) is 4.44 Å². The van der Waals surface area contributed by atoms with Crippen LogP contribution in [0.2, 0.25) is 13.3 Å². The van der Waals surface area contributed by atoms with Crippen LogP contribution in [0.3, 0.4) is 0 Å². The Hall–Kier alpha value is -0.544. The number of benzene rings is 2. The van der Waals surface area contributed by atoms with Crippen LogP contribution >= 0.6 is 0 Å². The molecule has 0 atom stereocenters. The van der Waals surface area contributed by atoms with Crippen molar-refractivity contribution < 1.29 is 0 Å². The van der Waals surface area contributed by atoms with Gasteiger partial charge in [0.25, 0.3) is 0 Å². The van der Waals surface area contributed by atoms with Crippen molar-refractivity contribution in [1.29, 1.82) is 0 Å². The molecule has 0 heterocycles. The van der Waals surface area contributed by atoms with Gasteiger partial charge in [0.15, 0.2) is 0 Å². The van der Waals surface area contributed by atoms with Gasteiger partial charge in [0.1, 0.15) is 0 Å². The van der Waals surface area contributed by atoms with Crippen LogP contribution in [0.5, 0.6) is 0 Å². The van der Waals surface area contributed by atoms with Crippen LogP contribution < -0.4 is 10.4 Å². The molecule has 0 aliphatic rings. The van der Waals surface area contributed by atoms with Crippen LogP contribution in [0, 0.1) is 13.8 Å². The van der Waals surface area contributed by atoms with E-state index < -0.39 is 18.4 Å². The predicted octanol–water partition coefficient (Wildman–Crippen LogP) is 6.89. The summed E-state index contributed by atoms with van der Waals surface area (Å²) < 4.78 is 6.30. The fraction of sp³-hybridized carbons (Fsp3) is 0.556. The van der Waals surface area contributed by atoms with Crippen LogP contribution in [0.1, 0.15) is 76.0 Å². The summed E-state index contributed by atoms with van der Waals surface area (Å²) in [7, 11) is 0.774. The first-order chi connectivity index (χ1) is 14.0. The van der Waals surface area contributed by atoms with Crippen molar-refractivity contribution in [2.24, 2.45) is 0 Å². The molecule has 0 spiro atoms. The van der Waals surface area contributed by atoms with Gasteiger partial charge < -0.3 is 0 Å². The molecule has 158 valence electrons. The van der Waals surface area contributed by atoms with Crippen molar-refractivity contribution >= 4 is 38.3 Å². The first-order valence-corrected chi connectivity index (χ1v) is 21.0. The second-order valence-electron chi connectivity index (χ2n) is 9.13. The Labute approximate surface area is 187 Å². The molecule has 0 saturated heterocycles. The monoisotopic (exact) mass is 514 g/mol. The zero-order valence-corrected chi connectivity index (χ0v) is 23.5. The predicted molar refractivity (Wildman–Crippen MR) is 136 cm³/mol. The van der Waals surface area contributed by atoms with Crippen molar-refractivity contribution in [3.05, 3.63) is 59.2 Å². The third-order valence-corrected chi connectivity index (χ3v) is 23.2. The van der Waals surface area contributed by atoms with Gasteiger partial charge in [0, 0.05) is 0 Å². The zero-order chi connectivity index (χ0) is 21.1. The summed E-state index contributed by atoms with van der Waals surface area (Å²) in [6.07, 6.45) is 8.51. The number of hydrogen-bond donors (Lipinski definition) is 0. The average Bonchev–Trinajstić information content (AvgIpc) is 2.72. The van der Waals surface area contributed by atoms with Gasteiger partial charge in [-0.3, -0.25) is 0 Å². The van der Waals surface area contributed by atoms with Gasteiger partial charge in [0.2, 0.25) is 0 Å². The minimum absolute atomic E-state index is 0.774. The van der Waals surface area contributed by atoms with E-state index in [0.29, 0.717) is 0 Å². The molecule has 2 radical (unpaired) electrons. The molecular weight excluding hydrogens is 471 g/mol. The van der Waals surface area contributed by atoms with E-state index in [1.165, 1.54) is 64.5 Å². The Kier molecular flexibility index (Phi) is 11.1. The molecule has 2 aromatic carbocycles. The maximum atomic E-state index is 2.47. The normalized spacial score (nSPS) is 11.8. The summed E-state index contributed by atoms with van der Waals surface area (Å²) >= 11 is -2.08. The summed E-state index contributed by atoms with van der Waals surface area (Å²) in [5.41, 5.74) is 4.43. The third kappa shape index (κ3) is 8.24. The number of unbranched alkanes of at least 4 members (excludes halogenated alkanes) is 3. The van der Waals surface area contributed by atoms with E-state index in [0.717, 1.165) is 9.52 Å². The Bertz CT molecular complexity index is 698. The van der Waals surface area contributed by atoms with Crippen molar-refractivity contribution in [3.63, 3.8) is 0 Å². The van der Waals surface area contributed by atoms with Crippen LogP contribution in [0.15, 0.2) is 42.5 Å². The second kappa shape index (κ2) is 13.0. The number of aryl methyl sites for hydroxylation is 2. The van der Waals surface area contributed by atoms with Crippen LogP contribution in [-0.4, -0.2) is 27.9 Å². The molecule has 0 aromatic heterocycles. The fourth-order valence-corrected chi connectivity index (χ4v) is 21.9.